The number of ether oxygens (including phenoxy) is 6. The molecule has 0 spiro atoms. The van der Waals surface area contributed by atoms with Crippen LogP contribution in [0.15, 0.2) is 0 Å². The Bertz CT molecular complexity index is 3790. The van der Waals surface area contributed by atoms with E-state index in [1.165, 1.54) is 0 Å². The molecule has 1 unspecified atom stereocenters. The molecule has 776 valence electrons. The Morgan fingerprint density at radius 2 is 0.378 bits per heavy atom. The van der Waals surface area contributed by atoms with Crippen molar-refractivity contribution in [1.82, 2.24) is 74.3 Å². The highest BCUT2D eigenvalue weighted by atomic mass is 16.5. The molecule has 30 heteroatoms. The van der Waals surface area contributed by atoms with Crippen LogP contribution in [-0.4, -0.2) is 382 Å². The molecule has 9 heterocycles. The largest absolute Gasteiger partial charge is 0.385 e. The van der Waals surface area contributed by atoms with Crippen LogP contribution < -0.4 is 44.1 Å². The fourth-order valence-corrected chi connectivity index (χ4v) is 24.9. The summed E-state index contributed by atoms with van der Waals surface area (Å²) >= 11 is 0. The quantitative estimate of drug-likeness (QED) is 0.0480. The van der Waals surface area contributed by atoms with Gasteiger partial charge in [0.25, 0.3) is 0 Å². The van der Waals surface area contributed by atoms with Gasteiger partial charge in [-0.3, -0.25) is 29.4 Å². The second kappa shape index (κ2) is 46.4. The number of hydrogen-bond donors (Lipinski definition) is 0. The molecule has 0 amide bonds. The van der Waals surface area contributed by atoms with Gasteiger partial charge in [0.15, 0.2) is 0 Å². The first-order chi connectivity index (χ1) is 62.8. The van der Waals surface area contributed by atoms with E-state index >= 15 is 0 Å². The van der Waals surface area contributed by atoms with E-state index in [-0.39, 0.29) is 109 Å². The third-order valence-corrected chi connectivity index (χ3v) is 34.2. The molecule has 0 aliphatic carbocycles. The summed E-state index contributed by atoms with van der Waals surface area (Å²) in [6, 6.07) is 0.949. The Morgan fingerprint density at radius 1 is 0.222 bits per heavy atom. The maximum Gasteiger partial charge on any atom is 0.232 e. The van der Waals surface area contributed by atoms with Gasteiger partial charge in [0.2, 0.25) is 53.5 Å². The van der Waals surface area contributed by atoms with Crippen LogP contribution in [0.1, 0.15) is 314 Å². The molecule has 1 atom stereocenters. The molecule has 6 saturated heterocycles. The van der Waals surface area contributed by atoms with E-state index in [0.29, 0.717) is 64.0 Å². The molecule has 0 bridgehead atoms. The lowest BCUT2D eigenvalue weighted by atomic mass is 9.77. The molecule has 30 nitrogen and oxygen atoms in total. The molecule has 6 fully saturated rings. The summed E-state index contributed by atoms with van der Waals surface area (Å²) in [4.78, 5) is 89.8. The van der Waals surface area contributed by atoms with Crippen LogP contribution in [0, 0.1) is 5.92 Å². The molecular formula is C105H200N24O6. The molecule has 0 aromatic carbocycles. The van der Waals surface area contributed by atoms with Crippen molar-refractivity contribution in [3.63, 3.8) is 0 Å². The van der Waals surface area contributed by atoms with Gasteiger partial charge < -0.3 is 72.5 Å². The first kappa shape index (κ1) is 113. The van der Waals surface area contributed by atoms with Crippen molar-refractivity contribution >= 4 is 53.5 Å². The normalized spacial score (nSPS) is 22.5. The molecule has 3 aromatic heterocycles. The average Bonchev–Trinajstić information content (AvgIpc) is 0.765. The molecule has 0 saturated carbocycles. The highest BCUT2D eigenvalue weighted by molar-refractivity contribution is 5.52. The Labute approximate surface area is 823 Å². The number of nitrogens with zero attached hydrogens (tertiary/aromatic N) is 24. The maximum absolute atomic E-state index is 5.90. The Balaban J connectivity index is 1.18. The number of piperidine rings is 6. The monoisotopic (exact) mass is 1890 g/mol. The van der Waals surface area contributed by atoms with E-state index in [0.717, 1.165) is 236 Å². The van der Waals surface area contributed by atoms with Gasteiger partial charge in [0.1, 0.15) is 0 Å². The van der Waals surface area contributed by atoms with Gasteiger partial charge >= 0.3 is 0 Å². The third-order valence-electron chi connectivity index (χ3n) is 34.2. The fraction of sp³-hybridized carbons (Fsp3) is 0.914. The number of unbranched alkanes of at least 4 members (excludes halogenated alkanes) is 1. The lowest BCUT2D eigenvalue weighted by Gasteiger charge is -2.56. The minimum absolute atomic E-state index is 0.0796. The number of anilines is 9. The molecular weight excluding hydrogens is 1690 g/mol. The second-order valence-corrected chi connectivity index (χ2v) is 49.6. The van der Waals surface area contributed by atoms with Crippen LogP contribution in [0.5, 0.6) is 0 Å². The lowest BCUT2D eigenvalue weighted by molar-refractivity contribution is -0.0137. The number of rotatable bonds is 50. The fourth-order valence-electron chi connectivity index (χ4n) is 24.9. The highest BCUT2D eigenvalue weighted by Crippen LogP contribution is 2.49. The predicted octanol–water partition coefficient (Wildman–Crippen LogP) is 16.5. The molecule has 3 aromatic rings. The van der Waals surface area contributed by atoms with E-state index < -0.39 is 0 Å². The smallest absolute Gasteiger partial charge is 0.232 e. The van der Waals surface area contributed by atoms with Crippen molar-refractivity contribution in [3.8, 4) is 0 Å². The van der Waals surface area contributed by atoms with Crippen molar-refractivity contribution in [2.75, 3.05) is 249 Å². The maximum atomic E-state index is 5.90. The van der Waals surface area contributed by atoms with Crippen LogP contribution in [0.4, 0.5) is 53.5 Å². The summed E-state index contributed by atoms with van der Waals surface area (Å²) < 4.78 is 35.3. The third kappa shape index (κ3) is 28.4. The van der Waals surface area contributed by atoms with Gasteiger partial charge in [-0.15, -0.1) is 0 Å². The van der Waals surface area contributed by atoms with Crippen molar-refractivity contribution in [1.29, 1.82) is 0 Å². The zero-order chi connectivity index (χ0) is 100. The standard InChI is InChI=1S/C105H200N24O6/c1-94(2)65-79(66-95(3,4)118(94)28)124(53-43-59-130-34)88-106-85(107-89(112-88)125(54-44-60-131-35)80-67-96(5,6)119(29)97(7,8)68-80)115(25)51-41-40-49-78(77-117(27)87-110-92(128(57-47-63-134-38)83-73-102(17,18)122(32)103(19,20)74-83)114-93(111-87)129(58-48-64-135-39)84-75-104(21,22)123(33)105(23,24)76-84)50-42-52-116(26)86-108-90(126(55-45-61-132-36)81-69-98(9,10)120(30)99(11,12)70-81)113-91(109-86)127(56-46-62-133-37)82-71-100(13,14)121(31)101(15,16)72-82/h78-84H,40-77H2,1-39H3. The summed E-state index contributed by atoms with van der Waals surface area (Å²) in [6.45, 7) is 68.2. The number of aromatic nitrogens is 9. The van der Waals surface area contributed by atoms with Crippen molar-refractivity contribution < 1.29 is 28.4 Å². The van der Waals surface area contributed by atoms with Gasteiger partial charge in [-0.05, 0) is 356 Å². The Kier molecular flexibility index (Phi) is 39.0. The highest BCUT2D eigenvalue weighted by Gasteiger charge is 2.53. The van der Waals surface area contributed by atoms with Crippen molar-refractivity contribution in [2.24, 2.45) is 5.92 Å². The van der Waals surface area contributed by atoms with E-state index in [1.807, 2.05) is 42.7 Å². The summed E-state index contributed by atoms with van der Waals surface area (Å²) in [5, 5.41) is 0. The van der Waals surface area contributed by atoms with Gasteiger partial charge in [0, 0.05) is 265 Å². The Hall–Kier alpha value is -5.25. The van der Waals surface area contributed by atoms with Gasteiger partial charge in [-0.2, -0.15) is 44.9 Å². The minimum atomic E-state index is -0.0996. The Morgan fingerprint density at radius 3 is 0.556 bits per heavy atom. The van der Waals surface area contributed by atoms with E-state index in [9.17, 15) is 0 Å². The van der Waals surface area contributed by atoms with Crippen LogP contribution in [0.2, 0.25) is 0 Å². The van der Waals surface area contributed by atoms with E-state index in [4.69, 9.17) is 73.3 Å². The van der Waals surface area contributed by atoms with Crippen LogP contribution in [0.3, 0.4) is 0 Å². The zero-order valence-electron chi connectivity index (χ0n) is 93.6. The van der Waals surface area contributed by atoms with Gasteiger partial charge in [-0.25, -0.2) is 0 Å². The summed E-state index contributed by atoms with van der Waals surface area (Å²) in [6.07, 6.45) is 21.1. The molecule has 0 radical (unpaired) electrons. The van der Waals surface area contributed by atoms with Gasteiger partial charge in [0.05, 0.1) is 0 Å². The van der Waals surface area contributed by atoms with Crippen molar-refractivity contribution in [2.45, 2.75) is 417 Å². The zero-order valence-corrected chi connectivity index (χ0v) is 93.6. The van der Waals surface area contributed by atoms with E-state index in [1.54, 1.807) is 0 Å². The lowest BCUT2D eigenvalue weighted by Crippen LogP contribution is -2.63. The van der Waals surface area contributed by atoms with Crippen LogP contribution in [-0.2, 0) is 28.4 Å². The number of hydrogen-bond acceptors (Lipinski definition) is 30. The van der Waals surface area contributed by atoms with Crippen LogP contribution in [0.25, 0.3) is 0 Å². The van der Waals surface area contributed by atoms with Crippen LogP contribution >= 0.6 is 0 Å². The summed E-state index contributed by atoms with van der Waals surface area (Å²) in [5.74, 6) is 6.73. The predicted molar refractivity (Wildman–Crippen MR) is 563 cm³/mol. The number of likely N-dealkylation sites (tertiary alicyclic amines) is 6. The molecule has 9 rings (SSSR count). The minimum Gasteiger partial charge on any atom is -0.385 e. The second-order valence-electron chi connectivity index (χ2n) is 49.6. The molecule has 135 heavy (non-hydrogen) atoms. The average molecular weight is 1890 g/mol. The molecule has 0 N–H and O–H groups in total. The van der Waals surface area contributed by atoms with Gasteiger partial charge in [-0.1, -0.05) is 6.42 Å². The van der Waals surface area contributed by atoms with E-state index in [2.05, 4.69) is 303 Å². The molecule has 6 aliphatic rings. The first-order valence-corrected chi connectivity index (χ1v) is 52.2. The van der Waals surface area contributed by atoms with Crippen molar-refractivity contribution in [3.05, 3.63) is 0 Å². The summed E-state index contributed by atoms with van der Waals surface area (Å²) in [5.41, 5.74) is -1.06. The number of methoxy groups -OCH3 is 6. The topological polar surface area (TPSA) is 220 Å². The molecule has 6 aliphatic heterocycles. The summed E-state index contributed by atoms with van der Waals surface area (Å²) in [7, 11) is 31.4. The first-order valence-electron chi connectivity index (χ1n) is 52.2. The SMILES string of the molecule is COCCCN(c1nc(N(C)CCCCC(CCCN(C)c2nc(N(CCCOC)C3CC(C)(C)N(C)C(C)(C)C3)nc(N(CCCOC)C3CC(C)(C)N(C)C(C)(C)C3)n2)CN(C)c2nc(N(CCCOC)C3CC(C)(C)N(C)C(C)(C)C3)nc(N(CCCOC)C3CC(C)(C)N(C)C(C)(C)C3)n2)nc(N(CCCOC)C2CC(C)(C)N(C)C(C)(C)C2)n1)C1CC(C)(C)N(C)C(C)(C)C1.